The van der Waals surface area contributed by atoms with Crippen LogP contribution in [0.2, 0.25) is 0 Å². The van der Waals surface area contributed by atoms with Gasteiger partial charge in [0.15, 0.2) is 0 Å². The van der Waals surface area contributed by atoms with Crippen LogP contribution in [0.15, 0.2) is 73.3 Å². The summed E-state index contributed by atoms with van der Waals surface area (Å²) in [6.07, 6.45) is 13.3. The number of hydrogen-bond donors (Lipinski definition) is 3. The summed E-state index contributed by atoms with van der Waals surface area (Å²) in [5.41, 5.74) is 3.83. The summed E-state index contributed by atoms with van der Waals surface area (Å²) in [7, 11) is 0. The number of nitrogens with zero attached hydrogens (tertiary/aromatic N) is 4. The molecule has 0 aromatic carbocycles. The van der Waals surface area contributed by atoms with Crippen LogP contribution in [0.5, 0.6) is 34.9 Å². The van der Waals surface area contributed by atoms with Gasteiger partial charge in [0.2, 0.25) is 17.6 Å². The van der Waals surface area contributed by atoms with Crippen molar-refractivity contribution in [1.82, 2.24) is 35.9 Å². The number of rotatable bonds is 23. The largest absolute Gasteiger partial charge is 0.491 e. The van der Waals surface area contributed by atoms with Crippen molar-refractivity contribution in [3.8, 4) is 34.9 Å². The fourth-order valence-electron chi connectivity index (χ4n) is 6.79. The van der Waals surface area contributed by atoms with E-state index in [1.807, 2.05) is 55.7 Å². The van der Waals surface area contributed by atoms with E-state index in [9.17, 15) is 0 Å². The molecule has 4 rings (SSSR count). The lowest BCUT2D eigenvalue weighted by Gasteiger charge is -2.23. The molecule has 4 heterocycles. The van der Waals surface area contributed by atoms with Crippen molar-refractivity contribution >= 4 is 0 Å². The fourth-order valence-corrected chi connectivity index (χ4v) is 6.79. The second-order valence-corrected chi connectivity index (χ2v) is 30.5. The number of aryl methyl sites for hydroxylation is 1. The number of nitrogens with one attached hydrogen (secondary N) is 3. The van der Waals surface area contributed by atoms with E-state index in [2.05, 4.69) is 221 Å². The zero-order valence-corrected chi connectivity index (χ0v) is 56.3. The van der Waals surface area contributed by atoms with E-state index < -0.39 is 0 Å². The van der Waals surface area contributed by atoms with E-state index in [4.69, 9.17) is 28.4 Å². The first-order chi connectivity index (χ1) is 36.9. The van der Waals surface area contributed by atoms with E-state index in [1.54, 1.807) is 12.4 Å². The maximum atomic E-state index is 6.02. The van der Waals surface area contributed by atoms with Crippen LogP contribution in [0.1, 0.15) is 217 Å². The summed E-state index contributed by atoms with van der Waals surface area (Å²) < 4.78 is 34.4. The Kier molecular flexibility index (Phi) is 31.3. The van der Waals surface area contributed by atoms with E-state index in [1.165, 1.54) is 24.8 Å². The zero-order valence-electron chi connectivity index (χ0n) is 56.3. The van der Waals surface area contributed by atoms with Gasteiger partial charge in [-0.15, -0.1) is 0 Å². The van der Waals surface area contributed by atoms with Gasteiger partial charge in [-0.25, -0.2) is 15.0 Å². The van der Waals surface area contributed by atoms with Crippen molar-refractivity contribution in [2.45, 2.75) is 246 Å². The van der Waals surface area contributed by atoms with Gasteiger partial charge >= 0.3 is 0 Å². The van der Waals surface area contributed by atoms with Crippen LogP contribution in [0.4, 0.5) is 0 Å². The zero-order chi connectivity index (χ0) is 61.9. The van der Waals surface area contributed by atoms with Crippen LogP contribution < -0.4 is 44.4 Å². The quantitative estimate of drug-likeness (QED) is 0.0607. The molecule has 0 bridgehead atoms. The molecule has 1 unspecified atom stereocenters. The first-order valence-corrected chi connectivity index (χ1v) is 29.9. The van der Waals surface area contributed by atoms with Crippen LogP contribution >= 0.6 is 0 Å². The van der Waals surface area contributed by atoms with E-state index in [0.29, 0.717) is 54.9 Å². The molecule has 0 saturated heterocycles. The number of hydrogen-bond acceptors (Lipinski definition) is 13. The average molecular weight is 1130 g/mol. The Balaban J connectivity index is 0.000000540. The Morgan fingerprint density at radius 3 is 1.28 bits per heavy atom. The highest BCUT2D eigenvalue weighted by atomic mass is 16.5. The van der Waals surface area contributed by atoms with Gasteiger partial charge in [0.25, 0.3) is 0 Å². The van der Waals surface area contributed by atoms with Crippen molar-refractivity contribution in [2.24, 2.45) is 21.7 Å². The normalized spacial score (nSPS) is 13.2. The molecule has 13 heteroatoms. The Hall–Kier alpha value is -4.72. The summed E-state index contributed by atoms with van der Waals surface area (Å²) in [6.45, 7) is 61.5. The Morgan fingerprint density at radius 1 is 0.432 bits per heavy atom. The third-order valence-electron chi connectivity index (χ3n) is 11.4. The molecule has 0 aliphatic rings. The van der Waals surface area contributed by atoms with Crippen molar-refractivity contribution < 1.29 is 28.4 Å². The topological polar surface area (TPSA) is 143 Å². The van der Waals surface area contributed by atoms with Crippen molar-refractivity contribution in [3.63, 3.8) is 0 Å². The van der Waals surface area contributed by atoms with Crippen LogP contribution in [0.3, 0.4) is 0 Å². The smallest absolute Gasteiger partial charge is 0.213 e. The van der Waals surface area contributed by atoms with Crippen LogP contribution in [-0.4, -0.2) is 94.8 Å². The molecule has 81 heavy (non-hydrogen) atoms. The lowest BCUT2D eigenvalue weighted by Crippen LogP contribution is -2.41. The fraction of sp³-hybridized carbons (Fsp3) is 0.706. The van der Waals surface area contributed by atoms with Gasteiger partial charge in [-0.2, -0.15) is 0 Å². The highest BCUT2D eigenvalue weighted by Gasteiger charge is 2.19. The first kappa shape index (κ1) is 74.3. The summed E-state index contributed by atoms with van der Waals surface area (Å²) in [5, 5.41) is 10.2. The molecule has 3 N–H and O–H groups in total. The van der Waals surface area contributed by atoms with Gasteiger partial charge < -0.3 is 44.4 Å². The van der Waals surface area contributed by atoms with Gasteiger partial charge in [0.1, 0.15) is 36.6 Å². The third kappa shape index (κ3) is 43.6. The predicted octanol–water partition coefficient (Wildman–Crippen LogP) is 16.1. The maximum Gasteiger partial charge on any atom is 0.213 e. The molecule has 0 fully saturated rings. The monoisotopic (exact) mass is 1130 g/mol. The Morgan fingerprint density at radius 2 is 0.889 bits per heavy atom. The SMILES string of the molecule is CC(C)(C)CCc1ccc(OCCNC(C)(C)C)nc1.CC(C)(C)COc1ccc(OCCNC(C)(C)C)nc1.CC(CCCC(C)(C)C)Oc1ccnc(C(C)(C)C)c1.C[C@H](CNC(C)(C)C)Oc1ccc(OCC(C)(C)C)cn1. The van der Waals surface area contributed by atoms with Gasteiger partial charge in [0.05, 0.1) is 31.7 Å². The molecule has 2 atom stereocenters. The predicted molar refractivity (Wildman–Crippen MR) is 341 cm³/mol. The van der Waals surface area contributed by atoms with Crippen LogP contribution in [-0.2, 0) is 11.8 Å². The van der Waals surface area contributed by atoms with E-state index in [0.717, 1.165) is 55.4 Å². The minimum absolute atomic E-state index is 0.0643. The molecule has 0 aliphatic carbocycles. The number of ether oxygens (including phenoxy) is 6. The minimum Gasteiger partial charge on any atom is -0.491 e. The molecule has 4 aromatic heterocycles. The van der Waals surface area contributed by atoms with Crippen LogP contribution in [0, 0.1) is 21.7 Å². The van der Waals surface area contributed by atoms with Gasteiger partial charge in [0, 0.05) is 84.0 Å². The van der Waals surface area contributed by atoms with Crippen LogP contribution in [0.25, 0.3) is 0 Å². The lowest BCUT2D eigenvalue weighted by molar-refractivity contribution is 0.189. The highest BCUT2D eigenvalue weighted by Crippen LogP contribution is 2.27. The minimum atomic E-state index is 0.0643. The van der Waals surface area contributed by atoms with Gasteiger partial charge in [-0.05, 0) is 154 Å². The Labute approximate surface area is 495 Å². The molecular weight excluding hydrogens is 1010 g/mol. The standard InChI is InChI=1S/C18H31NO.C17H30N2O2.C17H30N2O.C16H28N2O2/c1-14(9-8-11-17(2,3)4)20-15-10-12-19-16(13-15)18(5,6)7;1-13(10-19-17(5,6)7)21-15-9-8-14(11-18-15)20-12-16(2,3)4;1-16(2,3)10-9-14-7-8-15(18-13-14)20-12-11-19-17(4,5)6;1-15(2,3)12-20-13-7-8-14(17-11-13)19-10-9-18-16(4,5)6/h10,12-14H,8-9,11H2,1-7H3;8-9,11,13,19H,10,12H2,1-7H3;7-8,13,19H,9-12H2,1-6H3;7-8,11,18H,9-10,12H2,1-6H3/t;13-;;/m.1../s1. The molecule has 0 saturated carbocycles. The second kappa shape index (κ2) is 34.2. The second-order valence-electron chi connectivity index (χ2n) is 30.5. The summed E-state index contributed by atoms with van der Waals surface area (Å²) in [4.78, 5) is 17.3. The average Bonchev–Trinajstić information content (AvgIpc) is 3.31. The van der Waals surface area contributed by atoms with Crippen molar-refractivity contribution in [1.29, 1.82) is 0 Å². The molecular formula is C68H119N7O6. The van der Waals surface area contributed by atoms with E-state index >= 15 is 0 Å². The van der Waals surface area contributed by atoms with Gasteiger partial charge in [-0.1, -0.05) is 110 Å². The summed E-state index contributed by atoms with van der Waals surface area (Å²) in [6, 6.07) is 15.6. The maximum absolute atomic E-state index is 6.02. The molecule has 0 spiro atoms. The van der Waals surface area contributed by atoms with E-state index in [-0.39, 0.29) is 45.1 Å². The summed E-state index contributed by atoms with van der Waals surface area (Å²) >= 11 is 0. The molecule has 462 valence electrons. The molecule has 0 aliphatic heterocycles. The third-order valence-corrected chi connectivity index (χ3v) is 11.4. The van der Waals surface area contributed by atoms with Gasteiger partial charge in [-0.3, -0.25) is 4.98 Å². The summed E-state index contributed by atoms with van der Waals surface area (Å²) in [5.74, 6) is 4.45. The van der Waals surface area contributed by atoms with Crippen molar-refractivity contribution in [2.75, 3.05) is 46.1 Å². The molecule has 4 aromatic rings. The molecule has 0 radical (unpaired) electrons. The highest BCUT2D eigenvalue weighted by molar-refractivity contribution is 5.27. The Bertz CT molecular complexity index is 2170. The van der Waals surface area contributed by atoms with Crippen molar-refractivity contribution in [3.05, 3.63) is 84.6 Å². The molecule has 13 nitrogen and oxygen atoms in total. The first-order valence-electron chi connectivity index (χ1n) is 29.9. The lowest BCUT2D eigenvalue weighted by atomic mass is 9.89. The number of aromatic nitrogens is 4. The number of pyridine rings is 4. The molecule has 0 amide bonds.